The fourth-order valence-corrected chi connectivity index (χ4v) is 2.16. The average molecular weight is 348 g/mol. The van der Waals surface area contributed by atoms with Gasteiger partial charge in [-0.2, -0.15) is 0 Å². The maximum absolute atomic E-state index is 11.9. The summed E-state index contributed by atoms with van der Waals surface area (Å²) in [6.45, 7) is 7.75. The maximum Gasteiger partial charge on any atom is 0.408 e. The van der Waals surface area contributed by atoms with Crippen LogP contribution in [0.4, 0.5) is 9.59 Å². The summed E-state index contributed by atoms with van der Waals surface area (Å²) < 4.78 is 20.8. The number of carbonyl (C=O) groups excluding carboxylic acids is 2. The molecule has 10 nitrogen and oxygen atoms in total. The Kier molecular flexibility index (Phi) is 6.01. The summed E-state index contributed by atoms with van der Waals surface area (Å²) >= 11 is 0. The maximum atomic E-state index is 11.9. The van der Waals surface area contributed by atoms with E-state index in [4.69, 9.17) is 19.9 Å². The lowest BCUT2D eigenvalue weighted by Crippen LogP contribution is -2.54. The number of hydrogen-bond donors (Lipinski definition) is 3. The van der Waals surface area contributed by atoms with Crippen LogP contribution in [0.25, 0.3) is 0 Å². The molecule has 1 rings (SSSR count). The van der Waals surface area contributed by atoms with Crippen LogP contribution in [-0.4, -0.2) is 59.5 Å². The Balaban J connectivity index is 2.89. The van der Waals surface area contributed by atoms with Gasteiger partial charge in [0.05, 0.1) is 0 Å². The van der Waals surface area contributed by atoms with Crippen molar-refractivity contribution >= 4 is 18.2 Å². The number of nitrogens with two attached hydrogens (primary N) is 1. The van der Waals surface area contributed by atoms with Gasteiger partial charge in [0, 0.05) is 0 Å². The smallest absolute Gasteiger partial charge is 0.408 e. The van der Waals surface area contributed by atoms with Crippen molar-refractivity contribution in [2.75, 3.05) is 6.61 Å². The number of nitrogens with one attached hydrogen (secondary N) is 1. The van der Waals surface area contributed by atoms with Crippen molar-refractivity contribution < 1.29 is 38.4 Å². The van der Waals surface area contributed by atoms with Crippen molar-refractivity contribution in [3.63, 3.8) is 0 Å². The molecular weight excluding hydrogens is 324 g/mol. The quantitative estimate of drug-likeness (QED) is 0.654. The molecular formula is C14H24N2O8. The Labute approximate surface area is 139 Å². The second-order valence-electron chi connectivity index (χ2n) is 6.73. The molecule has 1 heterocycles. The van der Waals surface area contributed by atoms with Crippen molar-refractivity contribution in [1.29, 1.82) is 0 Å². The van der Waals surface area contributed by atoms with E-state index in [-0.39, 0.29) is 6.61 Å². The molecule has 0 radical (unpaired) electrons. The monoisotopic (exact) mass is 348 g/mol. The number of carboxylic acids is 1. The fourth-order valence-electron chi connectivity index (χ4n) is 2.16. The van der Waals surface area contributed by atoms with Crippen molar-refractivity contribution in [1.82, 2.24) is 5.32 Å². The van der Waals surface area contributed by atoms with E-state index in [1.807, 2.05) is 0 Å². The van der Waals surface area contributed by atoms with Crippen LogP contribution in [-0.2, 0) is 23.7 Å². The molecule has 0 spiro atoms. The van der Waals surface area contributed by atoms with Crippen LogP contribution >= 0.6 is 0 Å². The van der Waals surface area contributed by atoms with Gasteiger partial charge in [-0.1, -0.05) is 0 Å². The SMILES string of the molecule is CC(C)(C)OC(=O)N[C@H](C(=O)O)[C@@H]1OC(C)(C)O[C@H]1COC(N)=O. The van der Waals surface area contributed by atoms with Crippen LogP contribution in [0.1, 0.15) is 34.6 Å². The number of carbonyl (C=O) groups is 3. The number of aliphatic carboxylic acids is 1. The molecule has 0 saturated carbocycles. The van der Waals surface area contributed by atoms with E-state index in [1.165, 1.54) is 0 Å². The number of amides is 2. The minimum absolute atomic E-state index is 0.316. The lowest BCUT2D eigenvalue weighted by Gasteiger charge is -2.26. The van der Waals surface area contributed by atoms with Crippen molar-refractivity contribution in [3.8, 4) is 0 Å². The highest BCUT2D eigenvalue weighted by atomic mass is 16.8. The number of primary amides is 1. The number of carboxylic acid groups (broad SMARTS) is 1. The molecule has 1 saturated heterocycles. The standard InChI is InChI=1S/C14H24N2O8/c1-13(2,3)24-12(20)16-8(10(17)18)9-7(6-21-11(15)19)22-14(4,5)23-9/h7-9H,6H2,1-5H3,(H2,15,19)(H,16,20)(H,17,18)/t7-,8-,9+/m0/s1. The Bertz CT molecular complexity index is 499. The molecule has 1 aliphatic rings. The first-order chi connectivity index (χ1) is 10.8. The minimum atomic E-state index is -1.47. The molecule has 0 aromatic rings. The van der Waals surface area contributed by atoms with Crippen LogP contribution < -0.4 is 11.1 Å². The van der Waals surface area contributed by atoms with Crippen molar-refractivity contribution in [2.24, 2.45) is 5.73 Å². The summed E-state index contributed by atoms with van der Waals surface area (Å²) in [5.74, 6) is -2.48. The predicted octanol–water partition coefficient (Wildman–Crippen LogP) is 0.580. The first kappa shape index (κ1) is 20.0. The topological polar surface area (TPSA) is 146 Å². The van der Waals surface area contributed by atoms with Gasteiger partial charge in [-0.05, 0) is 34.6 Å². The summed E-state index contributed by atoms with van der Waals surface area (Å²) in [7, 11) is 0. The molecule has 0 aliphatic carbocycles. The molecule has 1 aliphatic heterocycles. The fraction of sp³-hybridized carbons (Fsp3) is 0.786. The normalized spacial score (nSPS) is 24.0. The number of hydrogen-bond acceptors (Lipinski definition) is 7. The molecule has 24 heavy (non-hydrogen) atoms. The number of rotatable bonds is 5. The van der Waals surface area contributed by atoms with Gasteiger partial charge in [0.25, 0.3) is 0 Å². The number of ether oxygens (including phenoxy) is 4. The zero-order valence-corrected chi connectivity index (χ0v) is 14.3. The Morgan fingerprint density at radius 3 is 2.33 bits per heavy atom. The van der Waals surface area contributed by atoms with Gasteiger partial charge in [0.2, 0.25) is 0 Å². The van der Waals surface area contributed by atoms with Crippen LogP contribution in [0.15, 0.2) is 0 Å². The summed E-state index contributed by atoms with van der Waals surface area (Å²) in [5.41, 5.74) is 4.11. The predicted molar refractivity (Wildman–Crippen MR) is 80.2 cm³/mol. The van der Waals surface area contributed by atoms with E-state index in [9.17, 15) is 19.5 Å². The highest BCUT2D eigenvalue weighted by molar-refractivity contribution is 5.80. The molecule has 1 fully saturated rings. The zero-order valence-electron chi connectivity index (χ0n) is 14.3. The molecule has 0 bridgehead atoms. The van der Waals surface area contributed by atoms with Gasteiger partial charge >= 0.3 is 18.2 Å². The van der Waals surface area contributed by atoms with Gasteiger partial charge in [-0.3, -0.25) is 0 Å². The second-order valence-corrected chi connectivity index (χ2v) is 6.73. The third-order valence-corrected chi connectivity index (χ3v) is 2.88. The van der Waals surface area contributed by atoms with Crippen LogP contribution in [0.3, 0.4) is 0 Å². The lowest BCUT2D eigenvalue weighted by atomic mass is 10.1. The van der Waals surface area contributed by atoms with Crippen LogP contribution in [0.5, 0.6) is 0 Å². The summed E-state index contributed by atoms with van der Waals surface area (Å²) in [6, 6.07) is -1.47. The molecule has 4 N–H and O–H groups in total. The zero-order chi connectivity index (χ0) is 18.7. The summed E-state index contributed by atoms with van der Waals surface area (Å²) in [4.78, 5) is 34.2. The third kappa shape index (κ3) is 6.20. The van der Waals surface area contributed by atoms with Crippen LogP contribution in [0, 0.1) is 0 Å². The lowest BCUT2D eigenvalue weighted by molar-refractivity contribution is -0.157. The average Bonchev–Trinajstić information content (AvgIpc) is 2.66. The first-order valence-electron chi connectivity index (χ1n) is 7.31. The minimum Gasteiger partial charge on any atom is -0.480 e. The Morgan fingerprint density at radius 1 is 1.29 bits per heavy atom. The molecule has 3 atom stereocenters. The molecule has 138 valence electrons. The molecule has 0 aromatic heterocycles. The van der Waals surface area contributed by atoms with Crippen LogP contribution in [0.2, 0.25) is 0 Å². The van der Waals surface area contributed by atoms with Gasteiger partial charge in [0.15, 0.2) is 11.8 Å². The van der Waals surface area contributed by atoms with Crippen molar-refractivity contribution in [2.45, 2.75) is 64.3 Å². The highest BCUT2D eigenvalue weighted by Gasteiger charge is 2.49. The molecule has 0 unspecified atom stereocenters. The van der Waals surface area contributed by atoms with E-state index in [2.05, 4.69) is 10.1 Å². The van der Waals surface area contributed by atoms with E-state index in [0.29, 0.717) is 0 Å². The van der Waals surface area contributed by atoms with E-state index in [1.54, 1.807) is 34.6 Å². The summed E-state index contributed by atoms with van der Waals surface area (Å²) in [5, 5.41) is 11.6. The Hall–Kier alpha value is -2.07. The van der Waals surface area contributed by atoms with Gasteiger partial charge in [-0.25, -0.2) is 14.4 Å². The molecule has 10 heteroatoms. The number of alkyl carbamates (subject to hydrolysis) is 1. The second kappa shape index (κ2) is 7.22. The van der Waals surface area contributed by atoms with Gasteiger partial charge < -0.3 is 35.1 Å². The van der Waals surface area contributed by atoms with E-state index < -0.39 is 47.8 Å². The van der Waals surface area contributed by atoms with E-state index >= 15 is 0 Å². The van der Waals surface area contributed by atoms with Gasteiger partial charge in [0.1, 0.15) is 24.4 Å². The highest BCUT2D eigenvalue weighted by Crippen LogP contribution is 2.30. The molecule has 2 amide bonds. The third-order valence-electron chi connectivity index (χ3n) is 2.88. The Morgan fingerprint density at radius 2 is 1.88 bits per heavy atom. The van der Waals surface area contributed by atoms with Crippen molar-refractivity contribution in [3.05, 3.63) is 0 Å². The largest absolute Gasteiger partial charge is 0.480 e. The summed E-state index contributed by atoms with van der Waals surface area (Å²) in [6.07, 6.45) is -3.99. The van der Waals surface area contributed by atoms with E-state index in [0.717, 1.165) is 0 Å². The first-order valence-corrected chi connectivity index (χ1v) is 7.31. The molecule has 0 aromatic carbocycles. The van der Waals surface area contributed by atoms with Gasteiger partial charge in [-0.15, -0.1) is 0 Å².